The molecular formula is C21H23N3O2. The molecule has 5 nitrogen and oxygen atoms in total. The predicted octanol–water partition coefficient (Wildman–Crippen LogP) is 3.11. The van der Waals surface area contributed by atoms with Gasteiger partial charge in [0, 0.05) is 55.4 Å². The summed E-state index contributed by atoms with van der Waals surface area (Å²) in [6, 6.07) is 17.7. The van der Waals surface area contributed by atoms with Crippen LogP contribution in [0.4, 0.5) is 0 Å². The Hall–Kier alpha value is -2.63. The van der Waals surface area contributed by atoms with Crippen molar-refractivity contribution in [2.45, 2.75) is 12.6 Å². The third kappa shape index (κ3) is 3.36. The summed E-state index contributed by atoms with van der Waals surface area (Å²) in [5.74, 6) is -0.786. The predicted molar refractivity (Wildman–Crippen MR) is 102 cm³/mol. The molecule has 1 aliphatic heterocycles. The third-order valence-corrected chi connectivity index (χ3v) is 5.17. The van der Waals surface area contributed by atoms with Crippen molar-refractivity contribution in [3.63, 3.8) is 0 Å². The van der Waals surface area contributed by atoms with Crippen LogP contribution in [0.5, 0.6) is 0 Å². The van der Waals surface area contributed by atoms with Crippen LogP contribution < -0.4 is 0 Å². The minimum Gasteiger partial charge on any atom is -0.480 e. The molecule has 4 rings (SSSR count). The molecule has 1 fully saturated rings. The number of nitrogens with one attached hydrogen (secondary N) is 1. The van der Waals surface area contributed by atoms with Gasteiger partial charge in [0.25, 0.3) is 0 Å². The Bertz CT molecular complexity index is 882. The molecule has 3 aromatic rings. The van der Waals surface area contributed by atoms with Gasteiger partial charge >= 0.3 is 5.97 Å². The number of rotatable bonds is 5. The molecule has 2 N–H and O–H groups in total. The maximum absolute atomic E-state index is 12.0. The van der Waals surface area contributed by atoms with Gasteiger partial charge in [-0.1, -0.05) is 48.5 Å². The molecule has 0 saturated carbocycles. The maximum atomic E-state index is 12.0. The molecule has 0 radical (unpaired) electrons. The average molecular weight is 349 g/mol. The van der Waals surface area contributed by atoms with Crippen molar-refractivity contribution >= 4 is 16.9 Å². The Labute approximate surface area is 152 Å². The van der Waals surface area contributed by atoms with Gasteiger partial charge in [0.2, 0.25) is 0 Å². The van der Waals surface area contributed by atoms with Crippen molar-refractivity contribution in [2.75, 3.05) is 26.2 Å². The number of carboxylic acids is 1. The fourth-order valence-corrected chi connectivity index (χ4v) is 3.83. The SMILES string of the molecule is O=C(O)[C@H](c1c[nH]c2ccccc12)N1CCN(Cc2ccccc2)CC1. The summed E-state index contributed by atoms with van der Waals surface area (Å²) >= 11 is 0. The third-order valence-electron chi connectivity index (χ3n) is 5.17. The lowest BCUT2D eigenvalue weighted by Gasteiger charge is -2.37. The Kier molecular flexibility index (Phi) is 4.73. The van der Waals surface area contributed by atoms with E-state index in [1.54, 1.807) is 0 Å². The molecule has 0 aliphatic carbocycles. The van der Waals surface area contributed by atoms with Crippen LogP contribution in [0.1, 0.15) is 17.2 Å². The van der Waals surface area contributed by atoms with Crippen LogP contribution in [0.15, 0.2) is 60.8 Å². The van der Waals surface area contributed by atoms with E-state index >= 15 is 0 Å². The lowest BCUT2D eigenvalue weighted by Crippen LogP contribution is -2.48. The number of fused-ring (bicyclic) bond motifs is 1. The fraction of sp³-hybridized carbons (Fsp3) is 0.286. The Morgan fingerprint density at radius 1 is 1.00 bits per heavy atom. The highest BCUT2D eigenvalue weighted by Gasteiger charge is 2.31. The van der Waals surface area contributed by atoms with Gasteiger partial charge in [0.05, 0.1) is 0 Å². The Morgan fingerprint density at radius 2 is 1.69 bits per heavy atom. The zero-order chi connectivity index (χ0) is 17.9. The first-order valence-electron chi connectivity index (χ1n) is 9.01. The first-order chi connectivity index (χ1) is 12.7. The topological polar surface area (TPSA) is 59.6 Å². The molecule has 26 heavy (non-hydrogen) atoms. The number of nitrogens with zero attached hydrogens (tertiary/aromatic N) is 2. The molecule has 1 aromatic heterocycles. The number of carboxylic acid groups (broad SMARTS) is 1. The first kappa shape index (κ1) is 16.8. The summed E-state index contributed by atoms with van der Waals surface area (Å²) in [5.41, 5.74) is 3.13. The van der Waals surface area contributed by atoms with Crippen molar-refractivity contribution in [2.24, 2.45) is 0 Å². The smallest absolute Gasteiger partial charge is 0.325 e. The highest BCUT2D eigenvalue weighted by molar-refractivity contribution is 5.89. The summed E-state index contributed by atoms with van der Waals surface area (Å²) in [7, 11) is 0. The number of carbonyl (C=O) groups is 1. The van der Waals surface area contributed by atoms with E-state index in [0.717, 1.165) is 49.2 Å². The number of piperazine rings is 1. The quantitative estimate of drug-likeness (QED) is 0.743. The van der Waals surface area contributed by atoms with E-state index in [1.165, 1.54) is 5.56 Å². The normalized spacial score (nSPS) is 17.4. The Balaban J connectivity index is 1.48. The van der Waals surface area contributed by atoms with Gasteiger partial charge in [0.1, 0.15) is 6.04 Å². The van der Waals surface area contributed by atoms with Crippen molar-refractivity contribution in [3.8, 4) is 0 Å². The van der Waals surface area contributed by atoms with E-state index in [-0.39, 0.29) is 0 Å². The standard InChI is InChI=1S/C21H23N3O2/c25-21(26)20(18-14-22-19-9-5-4-8-17(18)19)24-12-10-23(11-13-24)15-16-6-2-1-3-7-16/h1-9,14,20,22H,10-13,15H2,(H,25,26)/t20-/m0/s1. The van der Waals surface area contributed by atoms with Gasteiger partial charge in [-0.25, -0.2) is 0 Å². The lowest BCUT2D eigenvalue weighted by atomic mass is 10.0. The van der Waals surface area contributed by atoms with Crippen molar-refractivity contribution < 1.29 is 9.90 Å². The number of benzene rings is 2. The summed E-state index contributed by atoms with van der Waals surface area (Å²) in [6.07, 6.45) is 1.85. The molecule has 134 valence electrons. The molecule has 1 saturated heterocycles. The van der Waals surface area contributed by atoms with Crippen LogP contribution in [-0.4, -0.2) is 52.0 Å². The molecule has 0 unspecified atom stereocenters. The number of hydrogen-bond acceptors (Lipinski definition) is 3. The van der Waals surface area contributed by atoms with Crippen molar-refractivity contribution in [3.05, 3.63) is 71.9 Å². The van der Waals surface area contributed by atoms with E-state index in [1.807, 2.05) is 36.5 Å². The molecule has 2 heterocycles. The van der Waals surface area contributed by atoms with E-state index < -0.39 is 12.0 Å². The number of para-hydroxylation sites is 1. The zero-order valence-electron chi connectivity index (χ0n) is 14.6. The second kappa shape index (κ2) is 7.32. The summed E-state index contributed by atoms with van der Waals surface area (Å²) < 4.78 is 0. The average Bonchev–Trinajstić information content (AvgIpc) is 3.08. The largest absolute Gasteiger partial charge is 0.480 e. The molecule has 2 aromatic carbocycles. The number of H-pyrrole nitrogens is 1. The monoisotopic (exact) mass is 349 g/mol. The first-order valence-corrected chi connectivity index (χ1v) is 9.01. The van der Waals surface area contributed by atoms with E-state index in [4.69, 9.17) is 0 Å². The number of hydrogen-bond donors (Lipinski definition) is 2. The summed E-state index contributed by atoms with van der Waals surface area (Å²) in [4.78, 5) is 19.7. The van der Waals surface area contributed by atoms with E-state index in [2.05, 4.69) is 39.0 Å². The highest BCUT2D eigenvalue weighted by atomic mass is 16.4. The van der Waals surface area contributed by atoms with Gasteiger partial charge in [-0.15, -0.1) is 0 Å². The molecule has 0 spiro atoms. The number of aliphatic carboxylic acids is 1. The van der Waals surface area contributed by atoms with Gasteiger partial charge in [-0.3, -0.25) is 14.6 Å². The minimum absolute atomic E-state index is 0.606. The molecular weight excluding hydrogens is 326 g/mol. The lowest BCUT2D eigenvalue weighted by molar-refractivity contribution is -0.144. The highest BCUT2D eigenvalue weighted by Crippen LogP contribution is 2.29. The van der Waals surface area contributed by atoms with Crippen LogP contribution in [0.2, 0.25) is 0 Å². The van der Waals surface area contributed by atoms with Crippen LogP contribution in [0.3, 0.4) is 0 Å². The number of aromatic amines is 1. The fourth-order valence-electron chi connectivity index (χ4n) is 3.83. The second-order valence-corrected chi connectivity index (χ2v) is 6.83. The van der Waals surface area contributed by atoms with Crippen molar-refractivity contribution in [1.29, 1.82) is 0 Å². The molecule has 0 amide bonds. The molecule has 1 aliphatic rings. The number of aromatic nitrogens is 1. The van der Waals surface area contributed by atoms with Gasteiger partial charge < -0.3 is 10.1 Å². The van der Waals surface area contributed by atoms with Crippen LogP contribution in [0.25, 0.3) is 10.9 Å². The van der Waals surface area contributed by atoms with Crippen LogP contribution in [-0.2, 0) is 11.3 Å². The van der Waals surface area contributed by atoms with Crippen LogP contribution in [0, 0.1) is 0 Å². The maximum Gasteiger partial charge on any atom is 0.325 e. The summed E-state index contributed by atoms with van der Waals surface area (Å²) in [5, 5.41) is 10.9. The van der Waals surface area contributed by atoms with Gasteiger partial charge in [-0.05, 0) is 11.6 Å². The minimum atomic E-state index is -0.786. The summed E-state index contributed by atoms with van der Waals surface area (Å²) in [6.45, 7) is 4.17. The van der Waals surface area contributed by atoms with Crippen molar-refractivity contribution in [1.82, 2.24) is 14.8 Å². The van der Waals surface area contributed by atoms with Gasteiger partial charge in [0.15, 0.2) is 0 Å². The molecule has 1 atom stereocenters. The second-order valence-electron chi connectivity index (χ2n) is 6.83. The molecule has 0 bridgehead atoms. The van der Waals surface area contributed by atoms with Crippen LogP contribution >= 0.6 is 0 Å². The van der Waals surface area contributed by atoms with E-state index in [9.17, 15) is 9.90 Å². The zero-order valence-corrected chi connectivity index (χ0v) is 14.6. The van der Waals surface area contributed by atoms with E-state index in [0.29, 0.717) is 0 Å². The molecule has 5 heteroatoms. The Morgan fingerprint density at radius 3 is 2.42 bits per heavy atom. The van der Waals surface area contributed by atoms with Gasteiger partial charge in [-0.2, -0.15) is 0 Å².